The SMILES string of the molecule is NCc1ccc2c(=O)[nH]c3nccc(Nc4ccc(NC(=O)c5ccccc5)cc4)c3c2c1.O=C(Nc1ccc(Nc2ccnc3[nH]c(=O)c4ccc(CO)cc4c23)cc1)c1ccccc1. The standard InChI is InChI=1S/C26H21N5O2.C26H20N4O3/c27-15-16-6-11-20-21(14-16)23-22(12-13-28-24(23)31-26(20)33)29-18-7-9-19(10-8-18)30-25(32)17-4-2-1-3-5-17;31-15-16-6-11-20-21(14-16)23-22(12-13-27-24(23)30-26(20)33)28-18-7-9-19(10-8-18)29-25(32)17-4-2-1-3-5-17/h1-14H,15,27H2,(H,30,32)(H2,28,29,31,33);1-14,31H,15H2,(H,29,32)(H2,27,28,30,33). The van der Waals surface area contributed by atoms with Crippen LogP contribution in [0.2, 0.25) is 0 Å². The van der Waals surface area contributed by atoms with Crippen molar-refractivity contribution in [2.24, 2.45) is 5.73 Å². The molecule has 0 unspecified atom stereocenters. The highest BCUT2D eigenvalue weighted by molar-refractivity contribution is 6.12. The molecule has 0 radical (unpaired) electrons. The van der Waals surface area contributed by atoms with E-state index >= 15 is 0 Å². The fourth-order valence-electron chi connectivity index (χ4n) is 7.60. The third kappa shape index (κ3) is 9.07. The number of amides is 2. The smallest absolute Gasteiger partial charge is 0.257 e. The lowest BCUT2D eigenvalue weighted by atomic mass is 10.0. The molecule has 66 heavy (non-hydrogen) atoms. The molecule has 14 nitrogen and oxygen atoms in total. The summed E-state index contributed by atoms with van der Waals surface area (Å²) in [6.45, 7) is 0.257. The number of aromatic amines is 2. The number of H-pyrrole nitrogens is 2. The Balaban J connectivity index is 0.000000166. The van der Waals surface area contributed by atoms with Gasteiger partial charge in [-0.25, -0.2) is 9.97 Å². The minimum atomic E-state index is -0.231. The number of hydrogen-bond acceptors (Lipinski definition) is 10. The second-order valence-corrected chi connectivity index (χ2v) is 15.2. The van der Waals surface area contributed by atoms with Crippen LogP contribution in [0.15, 0.2) is 180 Å². The van der Waals surface area contributed by atoms with E-state index in [0.29, 0.717) is 62.1 Å². The molecule has 10 aromatic rings. The number of pyridine rings is 4. The summed E-state index contributed by atoms with van der Waals surface area (Å²) in [4.78, 5) is 64.1. The van der Waals surface area contributed by atoms with Gasteiger partial charge in [-0.3, -0.25) is 19.2 Å². The molecule has 0 aliphatic rings. The van der Waals surface area contributed by atoms with Gasteiger partial charge in [0.15, 0.2) is 0 Å². The molecule has 2 amide bonds. The lowest BCUT2D eigenvalue weighted by Crippen LogP contribution is -2.11. The fraction of sp³-hybridized carbons (Fsp3) is 0.0385. The maximum atomic E-state index is 12.5. The van der Waals surface area contributed by atoms with Crippen LogP contribution in [0.3, 0.4) is 0 Å². The largest absolute Gasteiger partial charge is 0.392 e. The monoisotopic (exact) mass is 871 g/mol. The first-order chi connectivity index (χ1) is 32.2. The normalized spacial score (nSPS) is 10.9. The van der Waals surface area contributed by atoms with E-state index in [1.54, 1.807) is 54.9 Å². The highest BCUT2D eigenvalue weighted by Gasteiger charge is 2.14. The number of nitrogens with one attached hydrogen (secondary N) is 6. The van der Waals surface area contributed by atoms with Gasteiger partial charge in [-0.05, 0) is 120 Å². The highest BCUT2D eigenvalue weighted by Crippen LogP contribution is 2.32. The van der Waals surface area contributed by atoms with E-state index < -0.39 is 0 Å². The summed E-state index contributed by atoms with van der Waals surface area (Å²) in [6.07, 6.45) is 3.27. The Bertz CT molecular complexity index is 3290. The van der Waals surface area contributed by atoms with Crippen LogP contribution in [0.4, 0.5) is 34.1 Å². The number of aliphatic hydroxyl groups is 1. The first-order valence-electron chi connectivity index (χ1n) is 20.9. The Labute approximate surface area is 376 Å². The molecule has 324 valence electrons. The van der Waals surface area contributed by atoms with Crippen molar-refractivity contribution in [1.82, 2.24) is 19.9 Å². The molecule has 0 bridgehead atoms. The second kappa shape index (κ2) is 18.8. The average molecular weight is 872 g/mol. The van der Waals surface area contributed by atoms with Crippen molar-refractivity contribution in [1.29, 1.82) is 0 Å². The predicted molar refractivity (Wildman–Crippen MR) is 262 cm³/mol. The molecule has 14 heteroatoms. The van der Waals surface area contributed by atoms with Crippen molar-refractivity contribution in [2.75, 3.05) is 21.3 Å². The van der Waals surface area contributed by atoms with Crippen LogP contribution in [0, 0.1) is 0 Å². The first-order valence-corrected chi connectivity index (χ1v) is 20.9. The second-order valence-electron chi connectivity index (χ2n) is 15.2. The Hall–Kier alpha value is -8.98. The summed E-state index contributed by atoms with van der Waals surface area (Å²) >= 11 is 0. The van der Waals surface area contributed by atoms with Gasteiger partial charge in [-0.1, -0.05) is 48.5 Å². The van der Waals surface area contributed by atoms with Gasteiger partial charge < -0.3 is 42.1 Å². The van der Waals surface area contributed by atoms with Gasteiger partial charge in [0.05, 0.1) is 18.0 Å². The number of aliphatic hydroxyl groups excluding tert-OH is 1. The number of carbonyl (C=O) groups excluding carboxylic acids is 2. The minimum Gasteiger partial charge on any atom is -0.392 e. The van der Waals surface area contributed by atoms with Crippen LogP contribution in [-0.2, 0) is 13.2 Å². The Morgan fingerprint density at radius 3 is 1.33 bits per heavy atom. The molecular weight excluding hydrogens is 831 g/mol. The van der Waals surface area contributed by atoms with Crippen LogP contribution in [0.5, 0.6) is 0 Å². The van der Waals surface area contributed by atoms with Crippen molar-refractivity contribution >= 4 is 89.6 Å². The third-order valence-electron chi connectivity index (χ3n) is 10.9. The molecular formula is C52H41N9O5. The van der Waals surface area contributed by atoms with E-state index in [4.69, 9.17) is 5.73 Å². The molecule has 0 fully saturated rings. The molecule has 4 heterocycles. The van der Waals surface area contributed by atoms with E-state index in [1.807, 2.05) is 115 Å². The minimum absolute atomic E-state index is 0.122. The van der Waals surface area contributed by atoms with E-state index in [0.717, 1.165) is 44.5 Å². The molecule has 0 aliphatic heterocycles. The zero-order valence-electron chi connectivity index (χ0n) is 35.1. The van der Waals surface area contributed by atoms with Gasteiger partial charge in [0.2, 0.25) is 0 Å². The van der Waals surface area contributed by atoms with Gasteiger partial charge in [-0.2, -0.15) is 0 Å². The molecule has 9 N–H and O–H groups in total. The van der Waals surface area contributed by atoms with Crippen LogP contribution in [-0.4, -0.2) is 36.9 Å². The van der Waals surface area contributed by atoms with E-state index in [1.165, 1.54) is 0 Å². The molecule has 4 aromatic heterocycles. The molecule has 0 atom stereocenters. The summed E-state index contributed by atoms with van der Waals surface area (Å²) < 4.78 is 0. The number of anilines is 6. The molecule has 0 spiro atoms. The average Bonchev–Trinajstić information content (AvgIpc) is 3.35. The molecule has 0 aliphatic carbocycles. The van der Waals surface area contributed by atoms with Crippen LogP contribution in [0.1, 0.15) is 31.8 Å². The van der Waals surface area contributed by atoms with Crippen molar-refractivity contribution < 1.29 is 14.7 Å². The van der Waals surface area contributed by atoms with Gasteiger partial charge in [0.1, 0.15) is 11.3 Å². The van der Waals surface area contributed by atoms with Gasteiger partial charge in [-0.15, -0.1) is 0 Å². The summed E-state index contributed by atoms with van der Waals surface area (Å²) in [6, 6.07) is 47.4. The number of carbonyl (C=O) groups is 2. The maximum absolute atomic E-state index is 12.5. The van der Waals surface area contributed by atoms with Crippen LogP contribution >= 0.6 is 0 Å². The maximum Gasteiger partial charge on any atom is 0.257 e. The first kappa shape index (κ1) is 42.3. The predicted octanol–water partition coefficient (Wildman–Crippen LogP) is 9.10. The van der Waals surface area contributed by atoms with Gasteiger partial charge in [0.25, 0.3) is 22.9 Å². The number of aromatic nitrogens is 4. The molecule has 10 rings (SSSR count). The summed E-state index contributed by atoms with van der Waals surface area (Å²) in [7, 11) is 0. The van der Waals surface area contributed by atoms with E-state index in [9.17, 15) is 24.3 Å². The van der Waals surface area contributed by atoms with Gasteiger partial charge >= 0.3 is 0 Å². The van der Waals surface area contributed by atoms with Crippen LogP contribution < -0.4 is 38.1 Å². The molecule has 6 aromatic carbocycles. The number of benzene rings is 6. The quantitative estimate of drug-likeness (QED) is 0.0609. The van der Waals surface area contributed by atoms with Crippen molar-refractivity contribution in [3.63, 3.8) is 0 Å². The number of fused-ring (bicyclic) bond motifs is 6. The zero-order chi connectivity index (χ0) is 45.6. The Morgan fingerprint density at radius 1 is 0.500 bits per heavy atom. The van der Waals surface area contributed by atoms with Gasteiger partial charge in [0, 0.05) is 85.1 Å². The fourth-order valence-corrected chi connectivity index (χ4v) is 7.60. The summed E-state index contributed by atoms with van der Waals surface area (Å²) in [5.41, 5.74) is 13.8. The Kier molecular flexibility index (Phi) is 12.0. The topological polar surface area (TPSA) is 220 Å². The number of nitrogens with zero attached hydrogens (tertiary/aromatic N) is 2. The van der Waals surface area contributed by atoms with E-state index in [2.05, 4.69) is 41.2 Å². The number of nitrogens with two attached hydrogens (primary N) is 1. The van der Waals surface area contributed by atoms with Crippen molar-refractivity contribution in [3.05, 3.63) is 213 Å². The number of hydrogen-bond donors (Lipinski definition) is 8. The van der Waals surface area contributed by atoms with Crippen molar-refractivity contribution in [3.8, 4) is 0 Å². The number of rotatable bonds is 10. The molecule has 0 saturated heterocycles. The summed E-state index contributed by atoms with van der Waals surface area (Å²) in [5.74, 6) is -0.339. The lowest BCUT2D eigenvalue weighted by Gasteiger charge is -2.13. The summed E-state index contributed by atoms with van der Waals surface area (Å²) in [5, 5.41) is 26.3. The van der Waals surface area contributed by atoms with Crippen molar-refractivity contribution in [2.45, 2.75) is 13.2 Å². The molecule has 0 saturated carbocycles. The highest BCUT2D eigenvalue weighted by atomic mass is 16.3. The lowest BCUT2D eigenvalue weighted by molar-refractivity contribution is 0.101. The van der Waals surface area contributed by atoms with Crippen LogP contribution in [0.25, 0.3) is 43.6 Å². The van der Waals surface area contributed by atoms with E-state index in [-0.39, 0.29) is 29.5 Å². The zero-order valence-corrected chi connectivity index (χ0v) is 35.1. The third-order valence-corrected chi connectivity index (χ3v) is 10.9. The Morgan fingerprint density at radius 2 is 0.909 bits per heavy atom.